The van der Waals surface area contributed by atoms with Gasteiger partial charge in [0.05, 0.1) is 22.8 Å². The van der Waals surface area contributed by atoms with Crippen LogP contribution in [0.4, 0.5) is 5.13 Å². The number of nitrogens with one attached hydrogen (secondary N) is 1. The Morgan fingerprint density at radius 2 is 2.03 bits per heavy atom. The summed E-state index contributed by atoms with van der Waals surface area (Å²) in [5.74, 6) is 0.672. The van der Waals surface area contributed by atoms with Crippen LogP contribution < -0.4 is 5.32 Å². The smallest absolute Gasteiger partial charge is 0.258 e. The molecule has 0 atom stereocenters. The zero-order chi connectivity index (χ0) is 21.4. The summed E-state index contributed by atoms with van der Waals surface area (Å²) in [7, 11) is 0. The van der Waals surface area contributed by atoms with Crippen LogP contribution in [-0.4, -0.2) is 36.6 Å². The van der Waals surface area contributed by atoms with Crippen molar-refractivity contribution < 1.29 is 4.79 Å². The predicted octanol–water partition coefficient (Wildman–Crippen LogP) is 5.57. The third-order valence-corrected chi connectivity index (χ3v) is 7.33. The van der Waals surface area contributed by atoms with Gasteiger partial charge < -0.3 is 0 Å². The topological polar surface area (TPSA) is 85.6 Å². The number of pyridine rings is 1. The molecule has 0 bridgehead atoms. The van der Waals surface area contributed by atoms with Crippen molar-refractivity contribution >= 4 is 56.5 Å². The first-order chi connectivity index (χ1) is 14.4. The molecule has 0 saturated carbocycles. The number of aromatic nitrogens is 5. The molecule has 0 saturated heterocycles. The maximum Gasteiger partial charge on any atom is 0.258 e. The van der Waals surface area contributed by atoms with Crippen molar-refractivity contribution in [3.05, 3.63) is 33.6 Å². The highest BCUT2D eigenvalue weighted by Crippen LogP contribution is 2.33. The van der Waals surface area contributed by atoms with Gasteiger partial charge >= 0.3 is 0 Å². The minimum absolute atomic E-state index is 0.128. The van der Waals surface area contributed by atoms with Crippen LogP contribution in [-0.2, 0) is 0 Å². The van der Waals surface area contributed by atoms with Gasteiger partial charge in [-0.2, -0.15) is 5.10 Å². The second kappa shape index (κ2) is 8.44. The quantitative estimate of drug-likeness (QED) is 0.300. The summed E-state index contributed by atoms with van der Waals surface area (Å²) in [6.07, 6.45) is 1.71. The lowest BCUT2D eigenvalue weighted by molar-refractivity contribution is 0.102. The molecule has 1 amide bonds. The van der Waals surface area contributed by atoms with Gasteiger partial charge in [0.25, 0.3) is 5.91 Å². The van der Waals surface area contributed by atoms with Gasteiger partial charge in [0.2, 0.25) is 5.13 Å². The van der Waals surface area contributed by atoms with E-state index in [1.54, 1.807) is 29.3 Å². The molecule has 0 fully saturated rings. The summed E-state index contributed by atoms with van der Waals surface area (Å²) in [6, 6.07) is 4.09. The molecule has 0 spiro atoms. The monoisotopic (exact) mass is 458 g/mol. The van der Waals surface area contributed by atoms with E-state index in [0.29, 0.717) is 16.3 Å². The van der Waals surface area contributed by atoms with Gasteiger partial charge in [-0.05, 0) is 45.6 Å². The van der Waals surface area contributed by atoms with Crippen LogP contribution in [0.3, 0.4) is 0 Å². The lowest BCUT2D eigenvalue weighted by Gasteiger charge is -2.10. The Bertz CT molecular complexity index is 1220. The van der Waals surface area contributed by atoms with Crippen LogP contribution in [0, 0.1) is 13.8 Å². The van der Waals surface area contributed by atoms with Crippen molar-refractivity contribution in [2.45, 2.75) is 45.0 Å². The molecule has 4 aromatic heterocycles. The molecule has 0 radical (unpaired) electrons. The average Bonchev–Trinajstić information content (AvgIpc) is 3.39. The Balaban J connectivity index is 1.80. The van der Waals surface area contributed by atoms with Crippen LogP contribution in [0.1, 0.15) is 46.9 Å². The van der Waals surface area contributed by atoms with Gasteiger partial charge in [-0.25, -0.2) is 9.67 Å². The molecule has 0 aliphatic rings. The second-order valence-electron chi connectivity index (χ2n) is 7.06. The first kappa shape index (κ1) is 21.0. The largest absolute Gasteiger partial charge is 0.296 e. The SMILES string of the molecule is CCSc1nnc(NC(=O)c2cc(-c3cc(C)sc3C)nc3c2cnn3C(C)C)s1. The molecule has 10 heteroatoms. The molecule has 0 aromatic carbocycles. The lowest BCUT2D eigenvalue weighted by Crippen LogP contribution is -2.13. The summed E-state index contributed by atoms with van der Waals surface area (Å²) in [4.78, 5) is 20.5. The molecule has 4 heterocycles. The Labute approximate surface area is 186 Å². The van der Waals surface area contributed by atoms with Crippen molar-refractivity contribution in [3.8, 4) is 11.3 Å². The normalized spacial score (nSPS) is 11.5. The minimum atomic E-state index is -0.235. The molecule has 7 nitrogen and oxygen atoms in total. The summed E-state index contributed by atoms with van der Waals surface area (Å²) in [5.41, 5.74) is 3.05. The molecule has 156 valence electrons. The molecular weight excluding hydrogens is 436 g/mol. The second-order valence-corrected chi connectivity index (χ2v) is 11.0. The fourth-order valence-corrected chi connectivity index (χ4v) is 5.79. The Morgan fingerprint density at radius 3 is 2.70 bits per heavy atom. The Morgan fingerprint density at radius 1 is 1.23 bits per heavy atom. The fraction of sp³-hybridized carbons (Fsp3) is 0.350. The standard InChI is InChI=1S/C20H22N6OS3/c1-6-28-20-25-24-19(30-20)23-18(27)14-8-16(13-7-11(4)29-12(13)5)22-17-15(14)9-21-26(17)10(2)3/h7-10H,6H2,1-5H3,(H,23,24,27). The molecule has 4 aromatic rings. The predicted molar refractivity (Wildman–Crippen MR) is 125 cm³/mol. The number of thiophene rings is 1. The number of hydrogen-bond acceptors (Lipinski definition) is 8. The van der Waals surface area contributed by atoms with Gasteiger partial charge in [0.1, 0.15) is 0 Å². The number of nitrogens with zero attached hydrogens (tertiary/aromatic N) is 5. The Hall–Kier alpha value is -2.30. The molecule has 30 heavy (non-hydrogen) atoms. The molecule has 0 unspecified atom stereocenters. The van der Waals surface area contributed by atoms with Crippen LogP contribution in [0.25, 0.3) is 22.3 Å². The molecule has 1 N–H and O–H groups in total. The van der Waals surface area contributed by atoms with E-state index in [4.69, 9.17) is 4.98 Å². The number of thioether (sulfide) groups is 1. The molecule has 0 aliphatic heterocycles. The number of carbonyl (C=O) groups excluding carboxylic acids is 1. The van der Waals surface area contributed by atoms with Gasteiger partial charge in [-0.15, -0.1) is 21.5 Å². The maximum atomic E-state index is 13.2. The number of aryl methyl sites for hydroxylation is 2. The third kappa shape index (κ3) is 3.99. The van der Waals surface area contributed by atoms with Crippen molar-refractivity contribution in [2.75, 3.05) is 11.1 Å². The van der Waals surface area contributed by atoms with E-state index in [1.165, 1.54) is 21.1 Å². The fourth-order valence-electron chi connectivity index (χ4n) is 3.21. The van der Waals surface area contributed by atoms with Gasteiger partial charge in [0, 0.05) is 21.4 Å². The summed E-state index contributed by atoms with van der Waals surface area (Å²) < 4.78 is 2.69. The van der Waals surface area contributed by atoms with Crippen molar-refractivity contribution in [1.82, 2.24) is 25.0 Å². The first-order valence-electron chi connectivity index (χ1n) is 9.60. The maximum absolute atomic E-state index is 13.2. The number of fused-ring (bicyclic) bond motifs is 1. The zero-order valence-electron chi connectivity index (χ0n) is 17.4. The molecule has 4 rings (SSSR count). The third-order valence-electron chi connectivity index (χ3n) is 4.51. The highest BCUT2D eigenvalue weighted by Gasteiger charge is 2.21. The number of anilines is 1. The van der Waals surface area contributed by atoms with E-state index in [-0.39, 0.29) is 11.9 Å². The van der Waals surface area contributed by atoms with E-state index in [9.17, 15) is 4.79 Å². The number of hydrogen-bond donors (Lipinski definition) is 1. The van der Waals surface area contributed by atoms with E-state index < -0.39 is 0 Å². The number of rotatable bonds is 6. The summed E-state index contributed by atoms with van der Waals surface area (Å²) in [6.45, 7) is 10.3. The van der Waals surface area contributed by atoms with Crippen LogP contribution in [0.15, 0.2) is 22.7 Å². The van der Waals surface area contributed by atoms with Crippen LogP contribution in [0.2, 0.25) is 0 Å². The van der Waals surface area contributed by atoms with E-state index in [2.05, 4.69) is 61.3 Å². The molecule has 0 aliphatic carbocycles. The van der Waals surface area contributed by atoms with E-state index >= 15 is 0 Å². The van der Waals surface area contributed by atoms with E-state index in [0.717, 1.165) is 26.7 Å². The minimum Gasteiger partial charge on any atom is -0.296 e. The van der Waals surface area contributed by atoms with Gasteiger partial charge in [0.15, 0.2) is 9.99 Å². The van der Waals surface area contributed by atoms with Crippen molar-refractivity contribution in [2.24, 2.45) is 0 Å². The highest BCUT2D eigenvalue weighted by molar-refractivity contribution is 8.01. The van der Waals surface area contributed by atoms with Crippen LogP contribution >= 0.6 is 34.4 Å². The summed E-state index contributed by atoms with van der Waals surface area (Å²) >= 11 is 4.70. The lowest BCUT2D eigenvalue weighted by atomic mass is 10.1. The van der Waals surface area contributed by atoms with Gasteiger partial charge in [-0.3, -0.25) is 10.1 Å². The van der Waals surface area contributed by atoms with Crippen molar-refractivity contribution in [1.29, 1.82) is 0 Å². The van der Waals surface area contributed by atoms with Gasteiger partial charge in [-0.1, -0.05) is 30.0 Å². The van der Waals surface area contributed by atoms with Crippen LogP contribution in [0.5, 0.6) is 0 Å². The average molecular weight is 459 g/mol. The first-order valence-corrected chi connectivity index (χ1v) is 12.2. The molecular formula is C20H22N6OS3. The van der Waals surface area contributed by atoms with Crippen molar-refractivity contribution in [3.63, 3.8) is 0 Å². The summed E-state index contributed by atoms with van der Waals surface area (Å²) in [5, 5.41) is 16.8. The van der Waals surface area contributed by atoms with E-state index in [1.807, 2.05) is 10.7 Å². The zero-order valence-corrected chi connectivity index (χ0v) is 19.8. The number of amides is 1. The Kier molecular flexibility index (Phi) is 5.90. The number of carbonyl (C=O) groups is 1. The highest BCUT2D eigenvalue weighted by atomic mass is 32.2.